The quantitative estimate of drug-likeness (QED) is 0.544. The Morgan fingerprint density at radius 3 is 2.09 bits per heavy atom. The monoisotopic (exact) mass is 160 g/mol. The highest BCUT2D eigenvalue weighted by Crippen LogP contribution is 2.02. The van der Waals surface area contributed by atoms with E-state index in [4.69, 9.17) is 11.5 Å². The predicted octanol–water partition coefficient (Wildman–Crippen LogP) is -0.530. The Bertz CT molecular complexity index is 136. The Morgan fingerprint density at radius 2 is 1.82 bits per heavy atom. The largest absolute Gasteiger partial charge is 0.468 e. The van der Waals surface area contributed by atoms with Crippen molar-refractivity contribution in [2.75, 3.05) is 7.11 Å². The Morgan fingerprint density at radius 1 is 1.36 bits per heavy atom. The second-order valence-electron chi connectivity index (χ2n) is 2.87. The highest BCUT2D eigenvalue weighted by atomic mass is 16.5. The van der Waals surface area contributed by atoms with Crippen molar-refractivity contribution in [3.63, 3.8) is 0 Å². The van der Waals surface area contributed by atoms with Gasteiger partial charge in [0, 0.05) is 6.04 Å². The zero-order chi connectivity index (χ0) is 9.02. The van der Waals surface area contributed by atoms with Gasteiger partial charge in [0.05, 0.1) is 7.11 Å². The molecule has 0 amide bonds. The molecule has 0 spiro atoms. The van der Waals surface area contributed by atoms with Gasteiger partial charge in [0.1, 0.15) is 6.04 Å². The molecule has 0 bridgehead atoms. The Kier molecular flexibility index (Phi) is 4.07. The van der Waals surface area contributed by atoms with Crippen molar-refractivity contribution < 1.29 is 9.53 Å². The van der Waals surface area contributed by atoms with E-state index < -0.39 is 12.0 Å². The smallest absolute Gasteiger partial charge is 0.324 e. The van der Waals surface area contributed by atoms with Gasteiger partial charge < -0.3 is 16.2 Å². The van der Waals surface area contributed by atoms with Crippen LogP contribution in [0.25, 0.3) is 0 Å². The van der Waals surface area contributed by atoms with Gasteiger partial charge in [-0.2, -0.15) is 0 Å². The lowest BCUT2D eigenvalue weighted by molar-refractivity contribution is -0.142. The SMILES string of the molecule is COC(=O)[C@H](N)[C@H](N)C(C)C. The minimum atomic E-state index is -0.708. The van der Waals surface area contributed by atoms with E-state index in [9.17, 15) is 4.79 Å². The van der Waals surface area contributed by atoms with Crippen LogP contribution in [0.1, 0.15) is 13.8 Å². The maximum absolute atomic E-state index is 10.8. The van der Waals surface area contributed by atoms with Crippen LogP contribution in [-0.2, 0) is 9.53 Å². The molecule has 0 saturated heterocycles. The lowest BCUT2D eigenvalue weighted by Gasteiger charge is -2.20. The fraction of sp³-hybridized carbons (Fsp3) is 0.857. The average Bonchev–Trinajstić information content (AvgIpc) is 2.00. The van der Waals surface area contributed by atoms with Crippen molar-refractivity contribution in [2.24, 2.45) is 17.4 Å². The summed E-state index contributed by atoms with van der Waals surface area (Å²) >= 11 is 0. The maximum Gasteiger partial charge on any atom is 0.324 e. The third-order valence-electron chi connectivity index (χ3n) is 1.66. The van der Waals surface area contributed by atoms with Gasteiger partial charge in [0.2, 0.25) is 0 Å². The summed E-state index contributed by atoms with van der Waals surface area (Å²) in [7, 11) is 1.30. The Labute approximate surface area is 66.9 Å². The van der Waals surface area contributed by atoms with Gasteiger partial charge >= 0.3 is 5.97 Å². The first-order valence-corrected chi connectivity index (χ1v) is 3.59. The molecule has 0 aromatic heterocycles. The van der Waals surface area contributed by atoms with E-state index in [1.807, 2.05) is 13.8 Å². The molecule has 0 heterocycles. The summed E-state index contributed by atoms with van der Waals surface area (Å²) in [4.78, 5) is 10.8. The van der Waals surface area contributed by atoms with Crippen LogP contribution in [0, 0.1) is 5.92 Å². The summed E-state index contributed by atoms with van der Waals surface area (Å²) in [6.45, 7) is 3.82. The highest BCUT2D eigenvalue weighted by molar-refractivity contribution is 5.76. The number of esters is 1. The van der Waals surface area contributed by atoms with E-state index in [1.54, 1.807) is 0 Å². The molecule has 2 atom stereocenters. The van der Waals surface area contributed by atoms with E-state index >= 15 is 0 Å². The molecule has 66 valence electrons. The van der Waals surface area contributed by atoms with Crippen molar-refractivity contribution in [3.05, 3.63) is 0 Å². The van der Waals surface area contributed by atoms with Gasteiger partial charge in [-0.05, 0) is 5.92 Å². The van der Waals surface area contributed by atoms with Crippen LogP contribution in [0.5, 0.6) is 0 Å². The number of carbonyl (C=O) groups is 1. The maximum atomic E-state index is 10.8. The van der Waals surface area contributed by atoms with E-state index in [1.165, 1.54) is 7.11 Å². The van der Waals surface area contributed by atoms with Crippen molar-refractivity contribution in [1.29, 1.82) is 0 Å². The predicted molar refractivity (Wildman–Crippen MR) is 42.8 cm³/mol. The molecule has 0 aliphatic rings. The molecule has 4 N–H and O–H groups in total. The molecule has 0 aliphatic carbocycles. The molecule has 11 heavy (non-hydrogen) atoms. The van der Waals surface area contributed by atoms with Crippen LogP contribution in [-0.4, -0.2) is 25.2 Å². The van der Waals surface area contributed by atoms with Gasteiger partial charge in [0.25, 0.3) is 0 Å². The van der Waals surface area contributed by atoms with Gasteiger partial charge in [-0.1, -0.05) is 13.8 Å². The number of nitrogens with two attached hydrogens (primary N) is 2. The number of methoxy groups -OCH3 is 1. The molecule has 4 heteroatoms. The number of ether oxygens (including phenoxy) is 1. The molecular weight excluding hydrogens is 144 g/mol. The lowest BCUT2D eigenvalue weighted by atomic mass is 9.98. The lowest BCUT2D eigenvalue weighted by Crippen LogP contribution is -2.50. The summed E-state index contributed by atoms with van der Waals surface area (Å²) < 4.78 is 4.44. The molecule has 4 nitrogen and oxygen atoms in total. The van der Waals surface area contributed by atoms with Gasteiger partial charge in [-0.15, -0.1) is 0 Å². The second kappa shape index (κ2) is 4.31. The first-order valence-electron chi connectivity index (χ1n) is 3.59. The molecular formula is C7H16N2O2. The van der Waals surface area contributed by atoms with Crippen molar-refractivity contribution >= 4 is 5.97 Å². The standard InChI is InChI=1S/C7H16N2O2/c1-4(2)5(8)6(9)7(10)11-3/h4-6H,8-9H2,1-3H3/t5-,6-/m1/s1. The average molecular weight is 160 g/mol. The van der Waals surface area contributed by atoms with Crippen LogP contribution >= 0.6 is 0 Å². The highest BCUT2D eigenvalue weighted by Gasteiger charge is 2.23. The zero-order valence-electron chi connectivity index (χ0n) is 7.20. The molecule has 0 unspecified atom stereocenters. The second-order valence-corrected chi connectivity index (χ2v) is 2.87. The Hall–Kier alpha value is -0.610. The van der Waals surface area contributed by atoms with Crippen LogP contribution in [0.4, 0.5) is 0 Å². The van der Waals surface area contributed by atoms with Crippen LogP contribution in [0.15, 0.2) is 0 Å². The number of rotatable bonds is 3. The normalized spacial score (nSPS) is 16.2. The molecule has 0 aromatic rings. The number of carbonyl (C=O) groups excluding carboxylic acids is 1. The summed E-state index contributed by atoms with van der Waals surface area (Å²) in [6.07, 6.45) is 0. The van der Waals surface area contributed by atoms with Crippen LogP contribution in [0.3, 0.4) is 0 Å². The molecule has 0 radical (unpaired) electrons. The fourth-order valence-electron chi connectivity index (χ4n) is 0.708. The third-order valence-corrected chi connectivity index (χ3v) is 1.66. The van der Waals surface area contributed by atoms with Crippen molar-refractivity contribution in [2.45, 2.75) is 25.9 Å². The summed E-state index contributed by atoms with van der Waals surface area (Å²) in [5, 5.41) is 0. The molecule has 0 rings (SSSR count). The zero-order valence-corrected chi connectivity index (χ0v) is 7.20. The minimum Gasteiger partial charge on any atom is -0.468 e. The van der Waals surface area contributed by atoms with Crippen molar-refractivity contribution in [1.82, 2.24) is 0 Å². The van der Waals surface area contributed by atoms with Gasteiger partial charge in [-0.25, -0.2) is 0 Å². The Balaban J connectivity index is 4.01. The van der Waals surface area contributed by atoms with Crippen molar-refractivity contribution in [3.8, 4) is 0 Å². The van der Waals surface area contributed by atoms with Crippen LogP contribution < -0.4 is 11.5 Å². The van der Waals surface area contributed by atoms with E-state index in [2.05, 4.69) is 4.74 Å². The molecule has 0 saturated carbocycles. The topological polar surface area (TPSA) is 78.3 Å². The molecule has 0 fully saturated rings. The summed E-state index contributed by atoms with van der Waals surface area (Å²) in [6, 6.07) is -1.04. The fourth-order valence-corrected chi connectivity index (χ4v) is 0.708. The summed E-state index contributed by atoms with van der Waals surface area (Å²) in [5.41, 5.74) is 11.1. The first-order chi connectivity index (χ1) is 5.00. The third kappa shape index (κ3) is 2.86. The minimum absolute atomic E-state index is 0.184. The first kappa shape index (κ1) is 10.4. The molecule has 0 aromatic carbocycles. The van der Waals surface area contributed by atoms with E-state index in [-0.39, 0.29) is 12.0 Å². The van der Waals surface area contributed by atoms with Gasteiger partial charge in [-0.3, -0.25) is 4.79 Å². The van der Waals surface area contributed by atoms with E-state index in [0.717, 1.165) is 0 Å². The number of hydrogen-bond donors (Lipinski definition) is 2. The van der Waals surface area contributed by atoms with Crippen LogP contribution in [0.2, 0.25) is 0 Å². The van der Waals surface area contributed by atoms with E-state index in [0.29, 0.717) is 0 Å². The van der Waals surface area contributed by atoms with Gasteiger partial charge in [0.15, 0.2) is 0 Å². The summed E-state index contributed by atoms with van der Waals surface area (Å²) in [5.74, 6) is -0.268. The molecule has 0 aliphatic heterocycles. The number of hydrogen-bond acceptors (Lipinski definition) is 4.